The molecule has 0 saturated carbocycles. The molecule has 4 aromatic rings. The van der Waals surface area contributed by atoms with E-state index in [4.69, 9.17) is 0 Å². The second-order valence-electron chi connectivity index (χ2n) is 5.49. The highest BCUT2D eigenvalue weighted by atomic mass is 15.1. The van der Waals surface area contributed by atoms with E-state index in [0.29, 0.717) is 0 Å². The molecule has 0 aliphatic carbocycles. The first kappa shape index (κ1) is 12.8. The van der Waals surface area contributed by atoms with E-state index in [1.165, 1.54) is 10.8 Å². The third kappa shape index (κ3) is 2.09. The molecule has 0 radical (unpaired) electrons. The molecule has 0 bridgehead atoms. The van der Waals surface area contributed by atoms with Crippen LogP contribution in [0.5, 0.6) is 0 Å². The van der Waals surface area contributed by atoms with Crippen LogP contribution in [0.15, 0.2) is 48.5 Å². The Morgan fingerprint density at radius 3 is 2.64 bits per heavy atom. The Balaban J connectivity index is 1.89. The van der Waals surface area contributed by atoms with Crippen LogP contribution in [-0.2, 0) is 0 Å². The van der Waals surface area contributed by atoms with Crippen molar-refractivity contribution in [2.75, 3.05) is 5.32 Å². The fraction of sp³-hybridized carbons (Fsp3) is 0.111. The highest BCUT2D eigenvalue weighted by molar-refractivity contribution is 5.98. The van der Waals surface area contributed by atoms with E-state index in [0.717, 1.165) is 34.1 Å². The monoisotopic (exact) mass is 288 g/mol. The Morgan fingerprint density at radius 1 is 0.909 bits per heavy atom. The molecule has 22 heavy (non-hydrogen) atoms. The number of H-pyrrole nitrogens is 1. The average Bonchev–Trinajstić information content (AvgIpc) is 2.88. The fourth-order valence-corrected chi connectivity index (χ4v) is 2.81. The SMILES string of the molecule is Cc1nc(Nc2cccc3ccccc23)c2cc(C)[nH]c2n1. The van der Waals surface area contributed by atoms with Gasteiger partial charge in [-0.1, -0.05) is 36.4 Å². The van der Waals surface area contributed by atoms with E-state index in [2.05, 4.69) is 68.8 Å². The molecule has 2 aromatic heterocycles. The molecular formula is C18H16N4. The summed E-state index contributed by atoms with van der Waals surface area (Å²) in [5.41, 5.74) is 3.00. The van der Waals surface area contributed by atoms with Gasteiger partial charge in [0, 0.05) is 16.8 Å². The zero-order valence-corrected chi connectivity index (χ0v) is 12.5. The van der Waals surface area contributed by atoms with Crippen LogP contribution in [0.4, 0.5) is 11.5 Å². The molecule has 4 heteroatoms. The Hall–Kier alpha value is -2.88. The molecule has 0 amide bonds. The molecule has 0 spiro atoms. The van der Waals surface area contributed by atoms with Crippen LogP contribution in [0.2, 0.25) is 0 Å². The van der Waals surface area contributed by atoms with Crippen molar-refractivity contribution in [3.05, 3.63) is 60.0 Å². The van der Waals surface area contributed by atoms with Crippen molar-refractivity contribution in [1.29, 1.82) is 0 Å². The summed E-state index contributed by atoms with van der Waals surface area (Å²) in [5.74, 6) is 1.58. The lowest BCUT2D eigenvalue weighted by atomic mass is 10.1. The van der Waals surface area contributed by atoms with Crippen molar-refractivity contribution in [2.45, 2.75) is 13.8 Å². The molecular weight excluding hydrogens is 272 g/mol. The number of benzene rings is 2. The maximum absolute atomic E-state index is 4.57. The van der Waals surface area contributed by atoms with Gasteiger partial charge in [0.15, 0.2) is 0 Å². The maximum atomic E-state index is 4.57. The van der Waals surface area contributed by atoms with Crippen LogP contribution in [-0.4, -0.2) is 15.0 Å². The van der Waals surface area contributed by atoms with Crippen LogP contribution in [0.1, 0.15) is 11.5 Å². The van der Waals surface area contributed by atoms with E-state index in [1.54, 1.807) is 0 Å². The van der Waals surface area contributed by atoms with Crippen molar-refractivity contribution in [1.82, 2.24) is 15.0 Å². The van der Waals surface area contributed by atoms with Gasteiger partial charge in [-0.3, -0.25) is 0 Å². The van der Waals surface area contributed by atoms with Gasteiger partial charge in [0.25, 0.3) is 0 Å². The fourth-order valence-electron chi connectivity index (χ4n) is 2.81. The lowest BCUT2D eigenvalue weighted by molar-refractivity contribution is 1.08. The summed E-state index contributed by atoms with van der Waals surface area (Å²) in [6.07, 6.45) is 0. The Kier molecular flexibility index (Phi) is 2.82. The van der Waals surface area contributed by atoms with Crippen molar-refractivity contribution in [2.24, 2.45) is 0 Å². The molecule has 0 unspecified atom stereocenters. The van der Waals surface area contributed by atoms with Crippen molar-refractivity contribution < 1.29 is 0 Å². The Labute approximate surface area is 128 Å². The quantitative estimate of drug-likeness (QED) is 0.572. The number of rotatable bonds is 2. The number of nitrogens with one attached hydrogen (secondary N) is 2. The summed E-state index contributed by atoms with van der Waals surface area (Å²) in [7, 11) is 0. The summed E-state index contributed by atoms with van der Waals surface area (Å²) in [5, 5.41) is 6.87. The number of aryl methyl sites for hydroxylation is 2. The number of fused-ring (bicyclic) bond motifs is 2. The molecule has 2 heterocycles. The van der Waals surface area contributed by atoms with E-state index in [9.17, 15) is 0 Å². The van der Waals surface area contributed by atoms with Gasteiger partial charge in [-0.2, -0.15) is 0 Å². The first-order chi connectivity index (χ1) is 10.7. The standard InChI is InChI=1S/C18H16N4/c1-11-10-15-17(19-11)20-12(2)21-18(15)22-16-9-5-7-13-6-3-4-8-14(13)16/h3-10H,1-2H3,(H2,19,20,21,22). The molecule has 0 aliphatic rings. The maximum Gasteiger partial charge on any atom is 0.143 e. The minimum Gasteiger partial charge on any atom is -0.343 e. The number of aromatic nitrogens is 3. The van der Waals surface area contributed by atoms with Gasteiger partial charge < -0.3 is 10.3 Å². The molecule has 108 valence electrons. The minimum absolute atomic E-state index is 0.747. The molecule has 2 N–H and O–H groups in total. The second-order valence-corrected chi connectivity index (χ2v) is 5.49. The summed E-state index contributed by atoms with van der Waals surface area (Å²) < 4.78 is 0. The zero-order valence-electron chi connectivity index (χ0n) is 12.5. The predicted octanol–water partition coefficient (Wildman–Crippen LogP) is 4.47. The molecule has 0 saturated heterocycles. The lowest BCUT2D eigenvalue weighted by Crippen LogP contribution is -1.98. The topological polar surface area (TPSA) is 53.6 Å². The number of aromatic amines is 1. The number of nitrogens with zero attached hydrogens (tertiary/aromatic N) is 2. The van der Waals surface area contributed by atoms with Gasteiger partial charge in [0.2, 0.25) is 0 Å². The first-order valence-corrected chi connectivity index (χ1v) is 7.29. The van der Waals surface area contributed by atoms with E-state index in [1.807, 2.05) is 13.8 Å². The van der Waals surface area contributed by atoms with Crippen LogP contribution in [0.3, 0.4) is 0 Å². The third-order valence-corrected chi connectivity index (χ3v) is 3.78. The number of hydrogen-bond donors (Lipinski definition) is 2. The van der Waals surface area contributed by atoms with Gasteiger partial charge in [-0.25, -0.2) is 9.97 Å². The number of hydrogen-bond acceptors (Lipinski definition) is 3. The summed E-state index contributed by atoms with van der Waals surface area (Å²) in [4.78, 5) is 12.3. The van der Waals surface area contributed by atoms with Crippen LogP contribution in [0, 0.1) is 13.8 Å². The van der Waals surface area contributed by atoms with Crippen LogP contribution < -0.4 is 5.32 Å². The molecule has 4 rings (SSSR count). The summed E-state index contributed by atoms with van der Waals surface area (Å²) in [6.45, 7) is 3.93. The van der Waals surface area contributed by atoms with E-state index in [-0.39, 0.29) is 0 Å². The zero-order chi connectivity index (χ0) is 15.1. The number of anilines is 2. The molecule has 0 atom stereocenters. The van der Waals surface area contributed by atoms with Gasteiger partial charge in [0.1, 0.15) is 17.3 Å². The van der Waals surface area contributed by atoms with Gasteiger partial charge >= 0.3 is 0 Å². The lowest BCUT2D eigenvalue weighted by Gasteiger charge is -2.10. The molecule has 2 aromatic carbocycles. The average molecular weight is 288 g/mol. The largest absolute Gasteiger partial charge is 0.343 e. The van der Waals surface area contributed by atoms with Crippen molar-refractivity contribution in [3.8, 4) is 0 Å². The third-order valence-electron chi connectivity index (χ3n) is 3.78. The highest BCUT2D eigenvalue weighted by Gasteiger charge is 2.10. The molecule has 0 aliphatic heterocycles. The Bertz CT molecular complexity index is 980. The van der Waals surface area contributed by atoms with Gasteiger partial charge in [-0.05, 0) is 31.4 Å². The van der Waals surface area contributed by atoms with E-state index >= 15 is 0 Å². The summed E-state index contributed by atoms with van der Waals surface area (Å²) >= 11 is 0. The smallest absolute Gasteiger partial charge is 0.143 e. The van der Waals surface area contributed by atoms with Crippen LogP contribution >= 0.6 is 0 Å². The second kappa shape index (κ2) is 4.84. The van der Waals surface area contributed by atoms with Crippen LogP contribution in [0.25, 0.3) is 21.8 Å². The van der Waals surface area contributed by atoms with E-state index < -0.39 is 0 Å². The van der Waals surface area contributed by atoms with Crippen molar-refractivity contribution in [3.63, 3.8) is 0 Å². The normalized spacial score (nSPS) is 11.2. The first-order valence-electron chi connectivity index (χ1n) is 7.29. The minimum atomic E-state index is 0.747. The predicted molar refractivity (Wildman–Crippen MR) is 90.6 cm³/mol. The molecule has 0 fully saturated rings. The highest BCUT2D eigenvalue weighted by Crippen LogP contribution is 2.29. The van der Waals surface area contributed by atoms with Crippen molar-refractivity contribution >= 4 is 33.3 Å². The van der Waals surface area contributed by atoms with Gasteiger partial charge in [0.05, 0.1) is 5.39 Å². The Morgan fingerprint density at radius 2 is 1.73 bits per heavy atom. The van der Waals surface area contributed by atoms with Gasteiger partial charge in [-0.15, -0.1) is 0 Å². The summed E-state index contributed by atoms with van der Waals surface area (Å²) in [6, 6.07) is 16.6. The molecule has 4 nitrogen and oxygen atoms in total.